The van der Waals surface area contributed by atoms with Crippen molar-refractivity contribution in [2.75, 3.05) is 26.3 Å². The molecule has 1 fully saturated rings. The highest BCUT2D eigenvalue weighted by Crippen LogP contribution is 2.26. The minimum absolute atomic E-state index is 0.168. The molecule has 0 heterocycles. The molecule has 24 heavy (non-hydrogen) atoms. The van der Waals surface area contributed by atoms with Crippen LogP contribution < -0.4 is 5.32 Å². The number of amides is 1. The van der Waals surface area contributed by atoms with E-state index in [0.29, 0.717) is 43.9 Å². The molecule has 1 rings (SSSR count). The number of allylic oxidation sites excluding steroid dienone is 1. The normalized spacial score (nSPS) is 21.8. The van der Waals surface area contributed by atoms with Gasteiger partial charge in [0.05, 0.1) is 18.3 Å². The Morgan fingerprint density at radius 3 is 2.83 bits per heavy atom. The molecule has 0 aromatic carbocycles. The first-order chi connectivity index (χ1) is 11.7. The molecule has 7 nitrogen and oxygen atoms in total. The summed E-state index contributed by atoms with van der Waals surface area (Å²) in [6.45, 7) is 5.83. The van der Waals surface area contributed by atoms with Gasteiger partial charge in [-0.3, -0.25) is 24.5 Å². The lowest BCUT2D eigenvalue weighted by Gasteiger charge is -2.28. The molecule has 0 bridgehead atoms. The standard InChI is InChI=1S/C17H28N4O3/c1-18-10-16(12-22)11-20-13-21(8-6-19-14-23)7-5-15-3-2-4-17(24)9-15/h10-12,14-15,17,24H,1-9,13H2,(H,19,23)/b16-10+,20-11-/t15?,17-/m1/s1. The minimum Gasteiger partial charge on any atom is -0.393 e. The summed E-state index contributed by atoms with van der Waals surface area (Å²) in [6.07, 6.45) is 9.05. The van der Waals surface area contributed by atoms with E-state index in [2.05, 4.69) is 26.9 Å². The molecule has 0 spiro atoms. The van der Waals surface area contributed by atoms with Crippen LogP contribution in [0, 0.1) is 5.92 Å². The smallest absolute Gasteiger partial charge is 0.207 e. The third kappa shape index (κ3) is 8.69. The van der Waals surface area contributed by atoms with E-state index in [4.69, 9.17) is 0 Å². The van der Waals surface area contributed by atoms with Gasteiger partial charge in [-0.1, -0.05) is 12.8 Å². The number of aliphatic hydroxyl groups excluding tert-OH is 1. The number of hydrogen-bond acceptors (Lipinski definition) is 6. The second-order valence-electron chi connectivity index (χ2n) is 6.05. The van der Waals surface area contributed by atoms with E-state index in [1.807, 2.05) is 0 Å². The lowest BCUT2D eigenvalue weighted by Crippen LogP contribution is -2.34. The number of carbonyl (C=O) groups is 2. The molecule has 0 aromatic rings. The molecule has 1 unspecified atom stereocenters. The highest BCUT2D eigenvalue weighted by atomic mass is 16.3. The lowest BCUT2D eigenvalue weighted by molar-refractivity contribution is -0.109. The van der Waals surface area contributed by atoms with E-state index in [9.17, 15) is 14.7 Å². The highest BCUT2D eigenvalue weighted by Gasteiger charge is 2.20. The van der Waals surface area contributed by atoms with Gasteiger partial charge < -0.3 is 10.4 Å². The van der Waals surface area contributed by atoms with Gasteiger partial charge in [-0.25, -0.2) is 0 Å². The fraction of sp³-hybridized carbons (Fsp3) is 0.647. The number of aliphatic hydroxyl groups is 1. The van der Waals surface area contributed by atoms with Crippen LogP contribution in [0.3, 0.4) is 0 Å². The summed E-state index contributed by atoms with van der Waals surface area (Å²) in [6, 6.07) is 0. The van der Waals surface area contributed by atoms with Crippen LogP contribution in [0.2, 0.25) is 0 Å². The fourth-order valence-electron chi connectivity index (χ4n) is 2.89. The average molecular weight is 336 g/mol. The third-order valence-electron chi connectivity index (χ3n) is 4.16. The predicted molar refractivity (Wildman–Crippen MR) is 95.3 cm³/mol. The van der Waals surface area contributed by atoms with E-state index in [0.717, 1.165) is 38.6 Å². The number of aldehydes is 1. The molecule has 1 amide bonds. The zero-order valence-electron chi connectivity index (χ0n) is 14.1. The van der Waals surface area contributed by atoms with Crippen molar-refractivity contribution in [3.05, 3.63) is 11.8 Å². The van der Waals surface area contributed by atoms with Gasteiger partial charge in [0.15, 0.2) is 6.29 Å². The Kier molecular flexibility index (Phi) is 10.6. The molecule has 1 aliphatic rings. The Bertz CT molecular complexity index is 451. The Morgan fingerprint density at radius 2 is 2.17 bits per heavy atom. The Balaban J connectivity index is 2.47. The molecule has 1 aliphatic carbocycles. The summed E-state index contributed by atoms with van der Waals surface area (Å²) in [5.74, 6) is 0.537. The van der Waals surface area contributed by atoms with Gasteiger partial charge in [0, 0.05) is 32.0 Å². The largest absolute Gasteiger partial charge is 0.393 e. The van der Waals surface area contributed by atoms with E-state index >= 15 is 0 Å². The number of carbonyl (C=O) groups excluding carboxylic acids is 2. The van der Waals surface area contributed by atoms with Crippen LogP contribution in [0.15, 0.2) is 21.8 Å². The molecular weight excluding hydrogens is 308 g/mol. The van der Waals surface area contributed by atoms with Gasteiger partial charge in [-0.05, 0) is 31.9 Å². The van der Waals surface area contributed by atoms with Crippen molar-refractivity contribution >= 4 is 25.6 Å². The van der Waals surface area contributed by atoms with Crippen molar-refractivity contribution in [2.45, 2.75) is 38.2 Å². The topological polar surface area (TPSA) is 94.4 Å². The van der Waals surface area contributed by atoms with Crippen LogP contribution in [0.25, 0.3) is 0 Å². The Morgan fingerprint density at radius 1 is 1.33 bits per heavy atom. The number of nitrogens with zero attached hydrogens (tertiary/aromatic N) is 3. The number of hydrogen-bond donors (Lipinski definition) is 2. The number of nitrogens with one attached hydrogen (secondary N) is 1. The second-order valence-corrected chi connectivity index (χ2v) is 6.05. The monoisotopic (exact) mass is 336 g/mol. The molecule has 0 aromatic heterocycles. The number of aliphatic imine (C=N–C) groups is 2. The van der Waals surface area contributed by atoms with E-state index in [1.54, 1.807) is 0 Å². The molecule has 134 valence electrons. The van der Waals surface area contributed by atoms with Gasteiger partial charge >= 0.3 is 0 Å². The highest BCUT2D eigenvalue weighted by molar-refractivity contribution is 6.01. The maximum atomic E-state index is 10.8. The van der Waals surface area contributed by atoms with E-state index in [1.165, 1.54) is 12.4 Å². The summed E-state index contributed by atoms with van der Waals surface area (Å²) in [5.41, 5.74) is 0.367. The van der Waals surface area contributed by atoms with Crippen LogP contribution in [0.1, 0.15) is 32.1 Å². The van der Waals surface area contributed by atoms with Gasteiger partial charge in [0.25, 0.3) is 0 Å². The van der Waals surface area contributed by atoms with E-state index in [-0.39, 0.29) is 6.10 Å². The molecule has 2 N–H and O–H groups in total. The van der Waals surface area contributed by atoms with Crippen LogP contribution in [0.4, 0.5) is 0 Å². The third-order valence-corrected chi connectivity index (χ3v) is 4.16. The molecule has 0 saturated heterocycles. The summed E-state index contributed by atoms with van der Waals surface area (Å²) >= 11 is 0. The molecular formula is C17H28N4O3. The maximum absolute atomic E-state index is 10.8. The Labute approximate surface area is 143 Å². The maximum Gasteiger partial charge on any atom is 0.207 e. The summed E-state index contributed by atoms with van der Waals surface area (Å²) in [4.78, 5) is 31.1. The lowest BCUT2D eigenvalue weighted by atomic mass is 9.85. The van der Waals surface area contributed by atoms with Gasteiger partial charge in [0.1, 0.15) is 0 Å². The molecule has 1 saturated carbocycles. The minimum atomic E-state index is -0.168. The first-order valence-corrected chi connectivity index (χ1v) is 8.38. The van der Waals surface area contributed by atoms with Crippen molar-refractivity contribution < 1.29 is 14.7 Å². The van der Waals surface area contributed by atoms with Crippen LogP contribution in [-0.4, -0.2) is 68.0 Å². The first-order valence-electron chi connectivity index (χ1n) is 8.38. The molecule has 0 radical (unpaired) electrons. The summed E-state index contributed by atoms with van der Waals surface area (Å²) in [5, 5.41) is 12.4. The predicted octanol–water partition coefficient (Wildman–Crippen LogP) is 0.787. The second kappa shape index (κ2) is 12.5. The van der Waals surface area contributed by atoms with Crippen LogP contribution >= 0.6 is 0 Å². The van der Waals surface area contributed by atoms with Crippen LogP contribution in [-0.2, 0) is 9.59 Å². The number of rotatable bonds is 12. The zero-order chi connectivity index (χ0) is 17.6. The van der Waals surface area contributed by atoms with Gasteiger partial charge in [0.2, 0.25) is 6.41 Å². The first kappa shape index (κ1) is 20.2. The molecule has 7 heteroatoms. The van der Waals surface area contributed by atoms with Crippen molar-refractivity contribution in [3.8, 4) is 0 Å². The zero-order valence-corrected chi connectivity index (χ0v) is 14.1. The molecule has 2 atom stereocenters. The van der Waals surface area contributed by atoms with Crippen molar-refractivity contribution in [1.82, 2.24) is 10.2 Å². The van der Waals surface area contributed by atoms with Crippen molar-refractivity contribution in [3.63, 3.8) is 0 Å². The average Bonchev–Trinajstić information content (AvgIpc) is 2.58. The van der Waals surface area contributed by atoms with Crippen molar-refractivity contribution in [2.24, 2.45) is 15.9 Å². The molecule has 0 aliphatic heterocycles. The summed E-state index contributed by atoms with van der Waals surface area (Å²) in [7, 11) is 0. The fourth-order valence-corrected chi connectivity index (χ4v) is 2.89. The summed E-state index contributed by atoms with van der Waals surface area (Å²) < 4.78 is 0. The van der Waals surface area contributed by atoms with Gasteiger partial charge in [-0.15, -0.1) is 0 Å². The quantitative estimate of drug-likeness (QED) is 0.238. The van der Waals surface area contributed by atoms with E-state index < -0.39 is 0 Å². The van der Waals surface area contributed by atoms with Crippen molar-refractivity contribution in [1.29, 1.82) is 0 Å². The Hall–Kier alpha value is -1.86. The van der Waals surface area contributed by atoms with Crippen LogP contribution in [0.5, 0.6) is 0 Å². The van der Waals surface area contributed by atoms with Gasteiger partial charge in [-0.2, -0.15) is 0 Å². The SMILES string of the molecule is C=N/C=C(C=O)\C=N/CN(CCNC=O)CCC1CCC[C@@H](O)C1.